The Morgan fingerprint density at radius 2 is 1.65 bits per heavy atom. The highest BCUT2D eigenvalue weighted by Crippen LogP contribution is 2.49. The third kappa shape index (κ3) is 4.46. The highest BCUT2D eigenvalue weighted by Gasteiger charge is 2.44. The summed E-state index contributed by atoms with van der Waals surface area (Å²) in [4.78, 5) is 15.3. The quantitative estimate of drug-likeness (QED) is 0.370. The molecule has 3 atom stereocenters. The predicted octanol–water partition coefficient (Wildman–Crippen LogP) is 7.36. The summed E-state index contributed by atoms with van der Waals surface area (Å²) < 4.78 is 0. The maximum absolute atomic E-state index is 13.4. The molecule has 0 saturated carbocycles. The fourth-order valence-corrected chi connectivity index (χ4v) is 5.80. The number of allylic oxidation sites excluding steroid dienone is 1. The van der Waals surface area contributed by atoms with Crippen LogP contribution in [0.4, 0.5) is 0 Å². The normalized spacial score (nSPS) is 21.7. The molecule has 0 spiro atoms. The van der Waals surface area contributed by atoms with Gasteiger partial charge in [-0.25, -0.2) is 0 Å². The summed E-state index contributed by atoms with van der Waals surface area (Å²) in [5, 5.41) is 10.9. The first kappa shape index (κ1) is 23.0. The van der Waals surface area contributed by atoms with Crippen molar-refractivity contribution < 1.29 is 4.79 Å². The number of nitrogens with zero attached hydrogens (tertiary/aromatic N) is 2. The smallest absolute Gasteiger partial charge is 0.230 e. The Labute approximate surface area is 214 Å². The maximum Gasteiger partial charge on any atom is 0.230 e. The van der Waals surface area contributed by atoms with E-state index in [2.05, 4.69) is 12.1 Å². The number of hydrogen-bond acceptors (Lipinski definition) is 2. The number of fused-ring (bicyclic) bond motifs is 1. The van der Waals surface area contributed by atoms with Gasteiger partial charge in [0.25, 0.3) is 0 Å². The van der Waals surface area contributed by atoms with E-state index in [4.69, 9.17) is 40.1 Å². The summed E-state index contributed by atoms with van der Waals surface area (Å²) in [6, 6.07) is 22.9. The van der Waals surface area contributed by atoms with Gasteiger partial charge in [0.2, 0.25) is 5.91 Å². The standard InChI is InChI=1S/C28H21Cl3N2O/c29-21-7-5-19(6-8-21)24-13-25-20(11-26(24)23-10-9-22(30)12-27(23)31)16-33(28(25)34)15-18-3-1-17(14-32)2-4-18/h1-10,12-13,20,25-26H,11,15-16H2. The summed E-state index contributed by atoms with van der Waals surface area (Å²) in [6.45, 7) is 1.23. The number of nitriles is 1. The fraction of sp³-hybridized carbons (Fsp3) is 0.214. The van der Waals surface area contributed by atoms with E-state index in [1.54, 1.807) is 18.2 Å². The molecule has 2 aliphatic rings. The zero-order valence-electron chi connectivity index (χ0n) is 18.2. The minimum atomic E-state index is -0.175. The van der Waals surface area contributed by atoms with Crippen LogP contribution in [0.5, 0.6) is 0 Å². The van der Waals surface area contributed by atoms with E-state index in [-0.39, 0.29) is 23.7 Å². The summed E-state index contributed by atoms with van der Waals surface area (Å²) in [5.41, 5.74) is 4.78. The molecule has 34 heavy (non-hydrogen) atoms. The van der Waals surface area contributed by atoms with E-state index < -0.39 is 0 Å². The molecule has 3 nitrogen and oxygen atoms in total. The van der Waals surface area contributed by atoms with E-state index in [1.165, 1.54) is 0 Å². The monoisotopic (exact) mass is 506 g/mol. The summed E-state index contributed by atoms with van der Waals surface area (Å²) >= 11 is 18.9. The third-order valence-corrected chi connectivity index (χ3v) is 7.62. The highest BCUT2D eigenvalue weighted by atomic mass is 35.5. The first-order chi connectivity index (χ1) is 16.4. The van der Waals surface area contributed by atoms with Crippen LogP contribution in [0.25, 0.3) is 5.57 Å². The molecule has 0 N–H and O–H groups in total. The second kappa shape index (κ2) is 9.47. The van der Waals surface area contributed by atoms with E-state index >= 15 is 0 Å². The zero-order valence-corrected chi connectivity index (χ0v) is 20.5. The molecule has 1 aliphatic carbocycles. The van der Waals surface area contributed by atoms with Crippen LogP contribution < -0.4 is 0 Å². The topological polar surface area (TPSA) is 44.1 Å². The molecule has 6 heteroatoms. The van der Waals surface area contributed by atoms with Crippen LogP contribution in [-0.4, -0.2) is 17.4 Å². The molecule has 3 aromatic carbocycles. The lowest BCUT2D eigenvalue weighted by molar-refractivity contribution is -0.130. The van der Waals surface area contributed by atoms with Gasteiger partial charge < -0.3 is 4.90 Å². The van der Waals surface area contributed by atoms with Crippen LogP contribution in [0.2, 0.25) is 15.1 Å². The van der Waals surface area contributed by atoms with Gasteiger partial charge in [-0.15, -0.1) is 0 Å². The van der Waals surface area contributed by atoms with Gasteiger partial charge >= 0.3 is 0 Å². The van der Waals surface area contributed by atoms with Crippen molar-refractivity contribution in [1.29, 1.82) is 5.26 Å². The average molecular weight is 508 g/mol. The SMILES string of the molecule is N#Cc1ccc(CN2CC3CC(c4ccc(Cl)cc4Cl)C(c4ccc(Cl)cc4)=CC3C2=O)cc1. The molecule has 3 unspecified atom stereocenters. The number of halogens is 3. The number of amides is 1. The molecule has 0 radical (unpaired) electrons. The Hall–Kier alpha value is -2.77. The van der Waals surface area contributed by atoms with Gasteiger partial charge in [0.15, 0.2) is 0 Å². The van der Waals surface area contributed by atoms with Crippen molar-refractivity contribution in [2.45, 2.75) is 18.9 Å². The summed E-state index contributed by atoms with van der Waals surface area (Å²) in [7, 11) is 0. The molecule has 1 saturated heterocycles. The zero-order chi connectivity index (χ0) is 23.8. The lowest BCUT2D eigenvalue weighted by atomic mass is 9.71. The largest absolute Gasteiger partial charge is 0.338 e. The Morgan fingerprint density at radius 3 is 2.32 bits per heavy atom. The Bertz CT molecular complexity index is 1310. The third-order valence-electron chi connectivity index (χ3n) is 6.80. The predicted molar refractivity (Wildman–Crippen MR) is 137 cm³/mol. The lowest BCUT2D eigenvalue weighted by Crippen LogP contribution is -2.26. The van der Waals surface area contributed by atoms with E-state index in [1.807, 2.05) is 53.4 Å². The molecule has 3 aromatic rings. The van der Waals surface area contributed by atoms with Crippen molar-refractivity contribution in [2.75, 3.05) is 6.54 Å². The van der Waals surface area contributed by atoms with E-state index in [0.29, 0.717) is 33.7 Å². The summed E-state index contributed by atoms with van der Waals surface area (Å²) in [5.74, 6) is 0.210. The van der Waals surface area contributed by atoms with Gasteiger partial charge in [0.1, 0.15) is 0 Å². The molecular weight excluding hydrogens is 487 g/mol. The Morgan fingerprint density at radius 1 is 0.941 bits per heavy atom. The molecule has 1 amide bonds. The van der Waals surface area contributed by atoms with E-state index in [0.717, 1.165) is 28.7 Å². The van der Waals surface area contributed by atoms with Gasteiger partial charge in [0.05, 0.1) is 17.6 Å². The number of rotatable bonds is 4. The molecule has 1 heterocycles. The summed E-state index contributed by atoms with van der Waals surface area (Å²) in [6.07, 6.45) is 2.95. The van der Waals surface area contributed by atoms with Gasteiger partial charge in [-0.2, -0.15) is 5.26 Å². The van der Waals surface area contributed by atoms with Crippen LogP contribution >= 0.6 is 34.8 Å². The first-order valence-corrected chi connectivity index (χ1v) is 12.3. The van der Waals surface area contributed by atoms with Crippen molar-refractivity contribution in [3.8, 4) is 6.07 Å². The van der Waals surface area contributed by atoms with Crippen LogP contribution in [0.15, 0.2) is 72.8 Å². The second-order valence-electron chi connectivity index (χ2n) is 8.90. The lowest BCUT2D eigenvalue weighted by Gasteiger charge is -2.31. The highest BCUT2D eigenvalue weighted by molar-refractivity contribution is 6.35. The first-order valence-electron chi connectivity index (χ1n) is 11.1. The van der Waals surface area contributed by atoms with Crippen molar-refractivity contribution in [3.63, 3.8) is 0 Å². The van der Waals surface area contributed by atoms with Crippen LogP contribution in [-0.2, 0) is 11.3 Å². The molecule has 1 fully saturated rings. The number of benzene rings is 3. The molecular formula is C28H21Cl3N2O. The van der Waals surface area contributed by atoms with Crippen LogP contribution in [0.1, 0.15) is 34.6 Å². The minimum absolute atomic E-state index is 0.0508. The molecule has 170 valence electrons. The van der Waals surface area contributed by atoms with Crippen LogP contribution in [0.3, 0.4) is 0 Å². The van der Waals surface area contributed by atoms with Crippen molar-refractivity contribution in [3.05, 3.63) is 110 Å². The number of carbonyl (C=O) groups excluding carboxylic acids is 1. The Kier molecular flexibility index (Phi) is 6.40. The van der Waals surface area contributed by atoms with Gasteiger partial charge in [-0.3, -0.25) is 4.79 Å². The number of hydrogen-bond donors (Lipinski definition) is 0. The van der Waals surface area contributed by atoms with E-state index in [9.17, 15) is 4.79 Å². The Balaban J connectivity index is 1.48. The fourth-order valence-electron chi connectivity index (χ4n) is 5.13. The molecule has 1 aliphatic heterocycles. The van der Waals surface area contributed by atoms with Crippen molar-refractivity contribution in [2.24, 2.45) is 11.8 Å². The van der Waals surface area contributed by atoms with Crippen molar-refractivity contribution >= 4 is 46.3 Å². The van der Waals surface area contributed by atoms with Gasteiger partial charge in [-0.05, 0) is 71.0 Å². The average Bonchev–Trinajstić information content (AvgIpc) is 3.13. The number of carbonyl (C=O) groups is 1. The van der Waals surface area contributed by atoms with Crippen LogP contribution in [0, 0.1) is 23.2 Å². The minimum Gasteiger partial charge on any atom is -0.338 e. The molecule has 5 rings (SSSR count). The maximum atomic E-state index is 13.4. The van der Waals surface area contributed by atoms with Gasteiger partial charge in [-0.1, -0.05) is 71.2 Å². The van der Waals surface area contributed by atoms with Crippen molar-refractivity contribution in [1.82, 2.24) is 4.90 Å². The molecule has 0 bridgehead atoms. The number of likely N-dealkylation sites (tertiary alicyclic amines) is 1. The molecule has 0 aromatic heterocycles. The van der Waals surface area contributed by atoms with Gasteiger partial charge in [0, 0.05) is 34.1 Å². The second-order valence-corrected chi connectivity index (χ2v) is 10.2.